The van der Waals surface area contributed by atoms with E-state index >= 15 is 0 Å². The van der Waals surface area contributed by atoms with Gasteiger partial charge in [-0.25, -0.2) is 0 Å². The number of aliphatic hydroxyl groups excluding tert-OH is 4. The predicted molar refractivity (Wildman–Crippen MR) is 266 cm³/mol. The molecule has 1 fully saturated rings. The second-order valence-electron chi connectivity index (χ2n) is 19.8. The van der Waals surface area contributed by atoms with E-state index in [1.165, 1.54) is 218 Å². The molecule has 0 saturated carbocycles. The maximum Gasteiger partial charge on any atom is 0.306 e. The van der Waals surface area contributed by atoms with E-state index in [9.17, 15) is 30.0 Å². The highest BCUT2D eigenvalue weighted by molar-refractivity contribution is 5.70. The molecule has 6 atom stereocenters. The number of hydrogen-bond acceptors (Lipinski definition) is 10. The van der Waals surface area contributed by atoms with Crippen LogP contribution in [0, 0.1) is 0 Å². The van der Waals surface area contributed by atoms with Gasteiger partial charge in [-0.2, -0.15) is 0 Å². The number of ether oxygens (including phenoxy) is 4. The summed E-state index contributed by atoms with van der Waals surface area (Å²) in [6, 6.07) is 0. The standard InChI is InChI=1S/C55H106O10/c1-3-5-7-9-11-13-15-17-19-21-23-25-27-29-31-33-35-37-39-41-43-50(57)62-46-48(47-63-55-54(61)53(60)52(59)49(45-56)65-55)64-51(58)44-42-40-38-36-34-32-30-28-26-24-22-20-18-16-14-12-10-8-6-4-2/h48-49,52-56,59-61H,3-47H2,1-2H3/t48-,49-,52+,53?,54?,55-/m0/s1. The average Bonchev–Trinajstić information content (AvgIpc) is 3.30. The first-order valence-corrected chi connectivity index (χ1v) is 28.1. The molecular weight excluding hydrogens is 821 g/mol. The van der Waals surface area contributed by atoms with Crippen LogP contribution < -0.4 is 0 Å². The van der Waals surface area contributed by atoms with Crippen LogP contribution in [0.4, 0.5) is 0 Å². The van der Waals surface area contributed by atoms with Gasteiger partial charge in [-0.1, -0.05) is 258 Å². The molecule has 65 heavy (non-hydrogen) atoms. The minimum Gasteiger partial charge on any atom is -0.462 e. The number of carbonyl (C=O) groups excluding carboxylic acids is 2. The van der Waals surface area contributed by atoms with Gasteiger partial charge in [0.25, 0.3) is 0 Å². The van der Waals surface area contributed by atoms with E-state index in [1.807, 2.05) is 0 Å². The Kier molecular flexibility index (Phi) is 44.1. The lowest BCUT2D eigenvalue weighted by atomic mass is 9.99. The van der Waals surface area contributed by atoms with Crippen LogP contribution in [0.25, 0.3) is 0 Å². The number of hydrogen-bond donors (Lipinski definition) is 4. The molecule has 4 N–H and O–H groups in total. The molecule has 1 rings (SSSR count). The minimum atomic E-state index is -1.59. The van der Waals surface area contributed by atoms with Gasteiger partial charge in [0.2, 0.25) is 0 Å². The van der Waals surface area contributed by atoms with E-state index in [1.54, 1.807) is 0 Å². The van der Waals surface area contributed by atoms with Crippen molar-refractivity contribution in [2.75, 3.05) is 19.8 Å². The Bertz CT molecular complexity index is 1030. The summed E-state index contributed by atoms with van der Waals surface area (Å²) in [5.41, 5.74) is 0. The van der Waals surface area contributed by atoms with Gasteiger partial charge < -0.3 is 39.4 Å². The first-order valence-electron chi connectivity index (χ1n) is 28.1. The molecule has 0 bridgehead atoms. The SMILES string of the molecule is CCCCCCCCCCCCCCCCCCCCCCC(=O)OC[C@@H](CO[C@H]1O[C@@H](CO)[C@@H](O)C(O)C1O)OC(=O)CCCCCCCCCCCCCCCCCCCCCC. The van der Waals surface area contributed by atoms with Gasteiger partial charge in [-0.15, -0.1) is 0 Å². The normalized spacial score (nSPS) is 19.1. The summed E-state index contributed by atoms with van der Waals surface area (Å²) in [6.45, 7) is 3.50. The minimum absolute atomic E-state index is 0.208. The Morgan fingerprint density at radius 3 is 1.05 bits per heavy atom. The van der Waals surface area contributed by atoms with Crippen LogP contribution in [0.15, 0.2) is 0 Å². The summed E-state index contributed by atoms with van der Waals surface area (Å²) in [6.07, 6.45) is 44.0. The third kappa shape index (κ3) is 37.3. The van der Waals surface area contributed by atoms with Crippen molar-refractivity contribution in [1.29, 1.82) is 0 Å². The molecule has 0 aliphatic carbocycles. The fourth-order valence-corrected chi connectivity index (χ4v) is 9.08. The first kappa shape index (κ1) is 61.7. The smallest absolute Gasteiger partial charge is 0.306 e. The zero-order valence-corrected chi connectivity index (χ0v) is 42.5. The Morgan fingerprint density at radius 1 is 0.415 bits per heavy atom. The highest BCUT2D eigenvalue weighted by atomic mass is 16.7. The van der Waals surface area contributed by atoms with E-state index in [2.05, 4.69) is 13.8 Å². The van der Waals surface area contributed by atoms with Crippen LogP contribution in [0.3, 0.4) is 0 Å². The summed E-state index contributed by atoms with van der Waals surface area (Å²) in [4.78, 5) is 25.5. The van der Waals surface area contributed by atoms with E-state index in [0.717, 1.165) is 32.1 Å². The largest absolute Gasteiger partial charge is 0.462 e. The van der Waals surface area contributed by atoms with Crippen molar-refractivity contribution < 1.29 is 49.0 Å². The molecule has 0 amide bonds. The Labute approximate surface area is 399 Å². The Morgan fingerprint density at radius 2 is 0.723 bits per heavy atom. The molecule has 1 heterocycles. The van der Waals surface area contributed by atoms with Gasteiger partial charge in [0, 0.05) is 12.8 Å². The summed E-state index contributed by atoms with van der Waals surface area (Å²) >= 11 is 0. The maximum atomic E-state index is 12.9. The van der Waals surface area contributed by atoms with Crippen LogP contribution in [-0.4, -0.2) is 89.0 Å². The molecule has 2 unspecified atom stereocenters. The molecule has 10 nitrogen and oxygen atoms in total. The van der Waals surface area contributed by atoms with Crippen LogP contribution in [0.5, 0.6) is 0 Å². The molecule has 10 heteroatoms. The molecule has 0 radical (unpaired) electrons. The summed E-state index contributed by atoms with van der Waals surface area (Å²) < 4.78 is 22.3. The van der Waals surface area contributed by atoms with E-state index < -0.39 is 49.4 Å². The molecule has 1 saturated heterocycles. The second-order valence-corrected chi connectivity index (χ2v) is 19.8. The molecular formula is C55H106O10. The van der Waals surface area contributed by atoms with Crippen molar-refractivity contribution in [3.63, 3.8) is 0 Å². The number of unbranched alkanes of at least 4 members (excludes halogenated alkanes) is 38. The van der Waals surface area contributed by atoms with Gasteiger partial charge in [-0.3, -0.25) is 9.59 Å². The highest BCUT2D eigenvalue weighted by Gasteiger charge is 2.44. The lowest BCUT2D eigenvalue weighted by Crippen LogP contribution is -2.59. The zero-order valence-electron chi connectivity index (χ0n) is 42.5. The first-order chi connectivity index (χ1) is 31.8. The van der Waals surface area contributed by atoms with Gasteiger partial charge in [0.05, 0.1) is 13.2 Å². The average molecular weight is 927 g/mol. The van der Waals surface area contributed by atoms with Crippen LogP contribution in [-0.2, 0) is 28.5 Å². The van der Waals surface area contributed by atoms with Crippen molar-refractivity contribution in [2.45, 2.75) is 320 Å². The molecule has 1 aliphatic rings. The van der Waals surface area contributed by atoms with Gasteiger partial charge in [0.1, 0.15) is 31.0 Å². The highest BCUT2D eigenvalue weighted by Crippen LogP contribution is 2.23. The molecule has 386 valence electrons. The predicted octanol–water partition coefficient (Wildman–Crippen LogP) is 13.7. The Hall–Kier alpha value is -1.30. The van der Waals surface area contributed by atoms with E-state index in [0.29, 0.717) is 6.42 Å². The fraction of sp³-hybridized carbons (Fsp3) is 0.964. The third-order valence-corrected chi connectivity index (χ3v) is 13.5. The summed E-state index contributed by atoms with van der Waals surface area (Å²) in [5, 5.41) is 40.3. The van der Waals surface area contributed by atoms with Crippen LogP contribution in [0.1, 0.15) is 284 Å². The van der Waals surface area contributed by atoms with Crippen molar-refractivity contribution in [3.05, 3.63) is 0 Å². The number of aliphatic hydroxyl groups is 4. The zero-order chi connectivity index (χ0) is 47.3. The van der Waals surface area contributed by atoms with Crippen molar-refractivity contribution in [2.24, 2.45) is 0 Å². The van der Waals surface area contributed by atoms with Crippen molar-refractivity contribution >= 4 is 11.9 Å². The quantitative estimate of drug-likeness (QED) is 0.0343. The van der Waals surface area contributed by atoms with Gasteiger partial charge in [-0.05, 0) is 12.8 Å². The fourth-order valence-electron chi connectivity index (χ4n) is 9.08. The summed E-state index contributed by atoms with van der Waals surface area (Å²) in [7, 11) is 0. The molecule has 0 aromatic carbocycles. The lowest BCUT2D eigenvalue weighted by Gasteiger charge is -2.39. The lowest BCUT2D eigenvalue weighted by molar-refractivity contribution is -0.305. The maximum absolute atomic E-state index is 12.9. The topological polar surface area (TPSA) is 152 Å². The van der Waals surface area contributed by atoms with Crippen LogP contribution >= 0.6 is 0 Å². The van der Waals surface area contributed by atoms with E-state index in [-0.39, 0.29) is 32.0 Å². The number of rotatable bonds is 49. The molecule has 0 spiro atoms. The van der Waals surface area contributed by atoms with Gasteiger partial charge >= 0.3 is 11.9 Å². The van der Waals surface area contributed by atoms with Crippen molar-refractivity contribution in [1.82, 2.24) is 0 Å². The molecule has 0 aromatic heterocycles. The van der Waals surface area contributed by atoms with Crippen molar-refractivity contribution in [3.8, 4) is 0 Å². The second kappa shape index (κ2) is 46.4. The van der Waals surface area contributed by atoms with Gasteiger partial charge in [0.15, 0.2) is 12.4 Å². The molecule has 0 aromatic rings. The third-order valence-electron chi connectivity index (χ3n) is 13.5. The number of carbonyl (C=O) groups is 2. The molecule has 1 aliphatic heterocycles. The summed E-state index contributed by atoms with van der Waals surface area (Å²) in [5.74, 6) is -0.782. The monoisotopic (exact) mass is 927 g/mol. The Balaban J connectivity index is 2.20. The number of esters is 2. The van der Waals surface area contributed by atoms with Crippen LogP contribution in [0.2, 0.25) is 0 Å². The van der Waals surface area contributed by atoms with E-state index in [4.69, 9.17) is 18.9 Å².